The number of benzene rings is 1. The van der Waals surface area contributed by atoms with Crippen molar-refractivity contribution in [1.82, 2.24) is 5.32 Å². The van der Waals surface area contributed by atoms with E-state index in [1.165, 1.54) is 19.2 Å². The Morgan fingerprint density at radius 3 is 2.71 bits per heavy atom. The zero-order valence-electron chi connectivity index (χ0n) is 12.0. The van der Waals surface area contributed by atoms with Crippen LogP contribution in [0.4, 0.5) is 10.5 Å². The molecule has 0 heterocycles. The minimum atomic E-state index is -1.16. The number of carbonyl (C=O) groups excluding carboxylic acids is 1. The largest absolute Gasteiger partial charge is 0.497 e. The Kier molecular flexibility index (Phi) is 6.08. The smallest absolute Gasteiger partial charge is 0.337 e. The van der Waals surface area contributed by atoms with E-state index in [2.05, 4.69) is 16.6 Å². The van der Waals surface area contributed by atoms with Crippen molar-refractivity contribution in [2.24, 2.45) is 0 Å². The fraction of sp³-hybridized carbons (Fsp3) is 0.333. The van der Waals surface area contributed by atoms with Gasteiger partial charge < -0.3 is 20.5 Å². The van der Waals surface area contributed by atoms with Gasteiger partial charge in [-0.3, -0.25) is 0 Å². The third-order valence-corrected chi connectivity index (χ3v) is 2.79. The molecule has 21 heavy (non-hydrogen) atoms. The third-order valence-electron chi connectivity index (χ3n) is 2.79. The van der Waals surface area contributed by atoms with Crippen molar-refractivity contribution < 1.29 is 19.4 Å². The first kappa shape index (κ1) is 16.4. The number of hydrogen-bond acceptors (Lipinski definition) is 3. The Balaban J connectivity index is 2.85. The van der Waals surface area contributed by atoms with Crippen molar-refractivity contribution >= 4 is 17.7 Å². The summed E-state index contributed by atoms with van der Waals surface area (Å²) in [6, 6.07) is 3.43. The van der Waals surface area contributed by atoms with E-state index in [0.29, 0.717) is 12.2 Å². The van der Waals surface area contributed by atoms with Gasteiger partial charge in [0.15, 0.2) is 0 Å². The van der Waals surface area contributed by atoms with Gasteiger partial charge in [0.1, 0.15) is 5.75 Å². The van der Waals surface area contributed by atoms with Crippen LogP contribution in [0, 0.1) is 12.3 Å². The lowest BCUT2D eigenvalue weighted by molar-refractivity contribution is 0.0697. The Morgan fingerprint density at radius 2 is 2.19 bits per heavy atom. The molecular formula is C15H18N2O4. The van der Waals surface area contributed by atoms with Gasteiger partial charge in [0.2, 0.25) is 0 Å². The summed E-state index contributed by atoms with van der Waals surface area (Å²) < 4.78 is 4.96. The van der Waals surface area contributed by atoms with Crippen LogP contribution >= 0.6 is 0 Å². The Bertz CT molecular complexity index is 563. The number of hydrogen-bond donors (Lipinski definition) is 3. The van der Waals surface area contributed by atoms with Gasteiger partial charge in [0.05, 0.1) is 24.4 Å². The van der Waals surface area contributed by atoms with E-state index in [0.717, 1.165) is 6.42 Å². The normalized spacial score (nSPS) is 11.1. The maximum absolute atomic E-state index is 11.8. The van der Waals surface area contributed by atoms with E-state index < -0.39 is 12.0 Å². The zero-order chi connectivity index (χ0) is 15.8. The number of amides is 2. The van der Waals surface area contributed by atoms with Crippen LogP contribution in [0.3, 0.4) is 0 Å². The van der Waals surface area contributed by atoms with Crippen molar-refractivity contribution in [3.63, 3.8) is 0 Å². The average Bonchev–Trinajstić information content (AvgIpc) is 2.46. The number of methoxy groups -OCH3 is 1. The molecule has 1 atom stereocenters. The van der Waals surface area contributed by atoms with Crippen LogP contribution in [0.25, 0.3) is 0 Å². The molecule has 0 fully saturated rings. The molecule has 1 unspecified atom stereocenters. The molecule has 0 saturated heterocycles. The highest BCUT2D eigenvalue weighted by molar-refractivity contribution is 6.00. The predicted molar refractivity (Wildman–Crippen MR) is 79.6 cm³/mol. The standard InChI is InChI=1S/C15H18N2O4/c1-4-6-10(5-2)16-15(20)17-13-8-7-11(21-3)9-12(13)14(18)19/h2,7-10H,4,6H2,1,3H3,(H,18,19)(H2,16,17,20). The quantitative estimate of drug-likeness (QED) is 0.702. The summed E-state index contributed by atoms with van der Waals surface area (Å²) in [4.78, 5) is 23.0. The maximum atomic E-state index is 11.8. The van der Waals surface area contributed by atoms with Crippen LogP contribution in [0.2, 0.25) is 0 Å². The number of carbonyl (C=O) groups is 2. The van der Waals surface area contributed by atoms with Crippen LogP contribution in [0.5, 0.6) is 5.75 Å². The summed E-state index contributed by atoms with van der Waals surface area (Å²) in [6.45, 7) is 1.95. The third kappa shape index (κ3) is 4.73. The number of terminal acetylenes is 1. The summed E-state index contributed by atoms with van der Waals surface area (Å²) in [6.07, 6.45) is 6.80. The van der Waals surface area contributed by atoms with Gasteiger partial charge in [-0.1, -0.05) is 19.3 Å². The summed E-state index contributed by atoms with van der Waals surface area (Å²) in [5.41, 5.74) is 0.116. The molecule has 0 saturated carbocycles. The molecule has 6 nitrogen and oxygen atoms in total. The fourth-order valence-electron chi connectivity index (χ4n) is 1.74. The van der Waals surface area contributed by atoms with Gasteiger partial charge in [-0.05, 0) is 24.6 Å². The molecule has 0 aromatic heterocycles. The summed E-state index contributed by atoms with van der Waals surface area (Å²) >= 11 is 0. The van der Waals surface area contributed by atoms with E-state index in [4.69, 9.17) is 16.3 Å². The van der Waals surface area contributed by atoms with E-state index >= 15 is 0 Å². The van der Waals surface area contributed by atoms with Crippen molar-refractivity contribution in [2.75, 3.05) is 12.4 Å². The second kappa shape index (κ2) is 7.80. The number of ether oxygens (including phenoxy) is 1. The monoisotopic (exact) mass is 290 g/mol. The minimum absolute atomic E-state index is 0.0581. The highest BCUT2D eigenvalue weighted by Gasteiger charge is 2.15. The van der Waals surface area contributed by atoms with Crippen molar-refractivity contribution in [3.8, 4) is 18.1 Å². The van der Waals surface area contributed by atoms with Crippen LogP contribution in [0.15, 0.2) is 18.2 Å². The molecular weight excluding hydrogens is 272 g/mol. The number of rotatable bonds is 6. The Labute approximate surface area is 123 Å². The van der Waals surface area contributed by atoms with Gasteiger partial charge >= 0.3 is 12.0 Å². The molecule has 2 amide bonds. The molecule has 112 valence electrons. The van der Waals surface area contributed by atoms with E-state index in [-0.39, 0.29) is 17.3 Å². The second-order valence-corrected chi connectivity index (χ2v) is 4.32. The first-order chi connectivity index (χ1) is 10.0. The van der Waals surface area contributed by atoms with Gasteiger partial charge in [-0.15, -0.1) is 6.42 Å². The SMILES string of the molecule is C#CC(CCC)NC(=O)Nc1ccc(OC)cc1C(=O)O. The first-order valence-electron chi connectivity index (χ1n) is 6.46. The minimum Gasteiger partial charge on any atom is -0.497 e. The molecule has 1 aromatic carbocycles. The molecule has 6 heteroatoms. The highest BCUT2D eigenvalue weighted by atomic mass is 16.5. The molecule has 1 aromatic rings. The zero-order valence-corrected chi connectivity index (χ0v) is 12.0. The summed E-state index contributed by atoms with van der Waals surface area (Å²) in [5.74, 6) is 1.70. The van der Waals surface area contributed by atoms with Crippen LogP contribution in [-0.2, 0) is 0 Å². The molecule has 1 rings (SSSR count). The molecule has 0 aliphatic heterocycles. The molecule has 0 radical (unpaired) electrons. The summed E-state index contributed by atoms with van der Waals surface area (Å²) in [7, 11) is 1.43. The van der Waals surface area contributed by atoms with E-state index in [1.807, 2.05) is 6.92 Å². The summed E-state index contributed by atoms with van der Waals surface area (Å²) in [5, 5.41) is 14.2. The van der Waals surface area contributed by atoms with Gasteiger partial charge in [0, 0.05) is 0 Å². The Hall–Kier alpha value is -2.68. The lowest BCUT2D eigenvalue weighted by atomic mass is 10.1. The lowest BCUT2D eigenvalue weighted by Gasteiger charge is -2.14. The first-order valence-corrected chi connectivity index (χ1v) is 6.46. The van der Waals surface area contributed by atoms with Gasteiger partial charge in [-0.2, -0.15) is 0 Å². The fourth-order valence-corrected chi connectivity index (χ4v) is 1.74. The van der Waals surface area contributed by atoms with Gasteiger partial charge in [0.25, 0.3) is 0 Å². The van der Waals surface area contributed by atoms with Gasteiger partial charge in [-0.25, -0.2) is 9.59 Å². The average molecular weight is 290 g/mol. The van der Waals surface area contributed by atoms with Crippen molar-refractivity contribution in [2.45, 2.75) is 25.8 Å². The lowest BCUT2D eigenvalue weighted by Crippen LogP contribution is -2.37. The predicted octanol–water partition coefficient (Wildman–Crippen LogP) is 2.32. The molecule has 0 aliphatic rings. The maximum Gasteiger partial charge on any atom is 0.337 e. The number of urea groups is 1. The van der Waals surface area contributed by atoms with E-state index in [1.54, 1.807) is 6.07 Å². The number of nitrogens with one attached hydrogen (secondary N) is 2. The molecule has 0 bridgehead atoms. The molecule has 3 N–H and O–H groups in total. The number of carboxylic acid groups (broad SMARTS) is 1. The topological polar surface area (TPSA) is 87.7 Å². The van der Waals surface area contributed by atoms with Crippen LogP contribution in [0.1, 0.15) is 30.1 Å². The van der Waals surface area contributed by atoms with Crippen molar-refractivity contribution in [1.29, 1.82) is 0 Å². The Morgan fingerprint density at radius 1 is 1.48 bits per heavy atom. The number of anilines is 1. The number of aromatic carboxylic acids is 1. The van der Waals surface area contributed by atoms with Crippen LogP contribution < -0.4 is 15.4 Å². The molecule has 0 aliphatic carbocycles. The van der Waals surface area contributed by atoms with Crippen molar-refractivity contribution in [3.05, 3.63) is 23.8 Å². The van der Waals surface area contributed by atoms with Crippen LogP contribution in [-0.4, -0.2) is 30.3 Å². The highest BCUT2D eigenvalue weighted by Crippen LogP contribution is 2.22. The number of carboxylic acids is 1. The molecule has 0 spiro atoms. The second-order valence-electron chi connectivity index (χ2n) is 4.32. The van der Waals surface area contributed by atoms with E-state index in [9.17, 15) is 9.59 Å².